The number of imidazole rings is 2. The summed E-state index contributed by atoms with van der Waals surface area (Å²) < 4.78 is 19.3. The molecular formula is C62H63BrN8O6. The van der Waals surface area contributed by atoms with E-state index < -0.39 is 17.3 Å². The Balaban J connectivity index is 0.000000162. The first-order valence-corrected chi connectivity index (χ1v) is 26.3. The van der Waals surface area contributed by atoms with Gasteiger partial charge in [0, 0.05) is 45.4 Å². The summed E-state index contributed by atoms with van der Waals surface area (Å²) in [5.74, 6) is 3.29. The number of nitrogens with one attached hydrogen (secondary N) is 1. The molecule has 394 valence electrons. The summed E-state index contributed by atoms with van der Waals surface area (Å²) in [4.78, 5) is 49.1. The number of aryl methyl sites for hydroxylation is 6. The molecule has 6 heterocycles. The summed E-state index contributed by atoms with van der Waals surface area (Å²) >= 11 is 3.36. The zero-order valence-electron chi connectivity index (χ0n) is 44.0. The summed E-state index contributed by atoms with van der Waals surface area (Å²) in [5.41, 5.74) is 10.3. The molecule has 1 unspecified atom stereocenters. The average molecular weight is 1100 g/mol. The molecule has 1 atom stereocenters. The lowest BCUT2D eigenvalue weighted by Crippen LogP contribution is -2.30. The third kappa shape index (κ3) is 11.2. The van der Waals surface area contributed by atoms with Crippen molar-refractivity contribution in [2.45, 2.75) is 118 Å². The van der Waals surface area contributed by atoms with Gasteiger partial charge in [-0.2, -0.15) is 0 Å². The standard InChI is InChI=1S/C28H26N4O2.C26H26N4O4.C7H7Br.CH4/c1-16-7-6-8-21(13-16)28(33,24-9-4-5-12-29-24)22-14-20(25-17(2)32-34-18(25)3)15-23-26(22)31-27(30-23)19-10-11-19;1-14-21(15(2)34-29-14)17-12-18(23(31)19-8-6-7-11-27-19)22-20(13-17)30(24(28-22)16-9-10-16)25(32)33-26(3,4)5;1-6-3-2-4-7(8)5-6;/h4-9,12-15,19,33H,10-11H2,1-3H3,(H,30,31);6-8,11-13,16H,9-10H2,1-5H3;2-5H,1H3;1H4. The van der Waals surface area contributed by atoms with Gasteiger partial charge in [0.25, 0.3) is 0 Å². The van der Waals surface area contributed by atoms with E-state index in [9.17, 15) is 14.7 Å². The molecule has 77 heavy (non-hydrogen) atoms. The van der Waals surface area contributed by atoms with Crippen molar-refractivity contribution in [1.82, 2.24) is 39.8 Å². The number of carbonyl (C=O) groups excluding carboxylic acids is 2. The molecule has 2 saturated carbocycles. The van der Waals surface area contributed by atoms with Crippen molar-refractivity contribution in [3.05, 3.63) is 200 Å². The van der Waals surface area contributed by atoms with Crippen molar-refractivity contribution in [2.24, 2.45) is 0 Å². The van der Waals surface area contributed by atoms with Crippen LogP contribution in [-0.2, 0) is 10.3 Å². The Labute approximate surface area is 456 Å². The van der Waals surface area contributed by atoms with E-state index in [2.05, 4.69) is 66.3 Å². The van der Waals surface area contributed by atoms with Gasteiger partial charge in [-0.3, -0.25) is 14.8 Å². The van der Waals surface area contributed by atoms with Crippen LogP contribution in [0.25, 0.3) is 44.3 Å². The van der Waals surface area contributed by atoms with E-state index in [0.717, 1.165) is 91.8 Å². The number of pyridine rings is 2. The monoisotopic (exact) mass is 1090 g/mol. The van der Waals surface area contributed by atoms with Crippen molar-refractivity contribution in [2.75, 3.05) is 0 Å². The molecule has 15 heteroatoms. The Hall–Kier alpha value is -7.88. The molecule has 4 aromatic carbocycles. The summed E-state index contributed by atoms with van der Waals surface area (Å²) in [5, 5.41) is 20.8. The van der Waals surface area contributed by atoms with E-state index in [1.807, 2.05) is 122 Å². The van der Waals surface area contributed by atoms with Crippen LogP contribution in [0, 0.1) is 41.5 Å². The number of carbonyl (C=O) groups is 2. The minimum absolute atomic E-state index is 0. The maximum Gasteiger partial charge on any atom is 0.420 e. The maximum atomic E-state index is 13.6. The molecule has 2 aliphatic carbocycles. The van der Waals surface area contributed by atoms with Crippen LogP contribution in [0.2, 0.25) is 0 Å². The second kappa shape index (κ2) is 21.6. The number of aromatic nitrogens is 8. The Morgan fingerprint density at radius 1 is 0.701 bits per heavy atom. The number of halogens is 1. The Bertz CT molecular complexity index is 3730. The predicted octanol–water partition coefficient (Wildman–Crippen LogP) is 14.7. The van der Waals surface area contributed by atoms with Gasteiger partial charge in [0.2, 0.25) is 5.78 Å². The fraction of sp³-hybridized carbons (Fsp3) is 0.290. The van der Waals surface area contributed by atoms with Crippen molar-refractivity contribution in [1.29, 1.82) is 0 Å². The lowest BCUT2D eigenvalue weighted by atomic mass is 9.80. The largest absolute Gasteiger partial charge is 0.443 e. The fourth-order valence-electron chi connectivity index (χ4n) is 9.65. The van der Waals surface area contributed by atoms with E-state index >= 15 is 0 Å². The molecule has 14 nitrogen and oxygen atoms in total. The quantitative estimate of drug-likeness (QED) is 0.130. The highest BCUT2D eigenvalue weighted by atomic mass is 79.9. The van der Waals surface area contributed by atoms with E-state index in [-0.39, 0.29) is 19.1 Å². The SMILES string of the molecule is C.Cc1cccc(Br)c1.Cc1cccc(C(O)(c2ccccn2)c2cc(-c3c(C)noc3C)cc3[nH]c(C4CC4)nc23)c1.Cc1noc(C)c1-c1cc(C(=O)c2ccccn2)c2nc(C3CC3)n(C(=O)OC(C)(C)C)c2c1. The topological polar surface area (TPSA) is 188 Å². The number of hydrogen-bond acceptors (Lipinski definition) is 12. The highest BCUT2D eigenvalue weighted by molar-refractivity contribution is 9.10. The minimum Gasteiger partial charge on any atom is -0.443 e. The van der Waals surface area contributed by atoms with Gasteiger partial charge in [0.15, 0.2) is 5.60 Å². The average Bonchev–Trinajstić information content (AvgIpc) is 4.39. The van der Waals surface area contributed by atoms with Crippen LogP contribution < -0.4 is 0 Å². The number of nitrogens with zero attached hydrogens (tertiary/aromatic N) is 7. The number of ether oxygens (including phenoxy) is 1. The van der Waals surface area contributed by atoms with Gasteiger partial charge in [-0.05, 0) is 165 Å². The smallest absolute Gasteiger partial charge is 0.420 e. The zero-order valence-corrected chi connectivity index (χ0v) is 45.6. The molecular weight excluding hydrogens is 1030 g/mol. The summed E-state index contributed by atoms with van der Waals surface area (Å²) in [7, 11) is 0. The van der Waals surface area contributed by atoms with Gasteiger partial charge in [-0.25, -0.2) is 19.3 Å². The molecule has 2 aliphatic rings. The lowest BCUT2D eigenvalue weighted by molar-refractivity contribution is 0.0538. The third-order valence-electron chi connectivity index (χ3n) is 13.5. The van der Waals surface area contributed by atoms with Crippen LogP contribution in [-0.4, -0.2) is 62.4 Å². The summed E-state index contributed by atoms with van der Waals surface area (Å²) in [6.07, 6.45) is 6.92. The molecule has 2 fully saturated rings. The number of benzene rings is 4. The molecule has 0 amide bonds. The Morgan fingerprint density at radius 2 is 1.32 bits per heavy atom. The summed E-state index contributed by atoms with van der Waals surface area (Å²) in [6.45, 7) is 17.1. The highest BCUT2D eigenvalue weighted by Gasteiger charge is 2.40. The second-order valence-electron chi connectivity index (χ2n) is 20.8. The Morgan fingerprint density at radius 3 is 1.86 bits per heavy atom. The van der Waals surface area contributed by atoms with E-state index in [4.69, 9.17) is 23.8 Å². The first-order chi connectivity index (χ1) is 36.4. The normalized spacial score (nSPS) is 14.0. The second-order valence-corrected chi connectivity index (χ2v) is 21.7. The minimum atomic E-state index is -1.50. The number of aromatic amines is 1. The van der Waals surface area contributed by atoms with Crippen LogP contribution in [0.4, 0.5) is 4.79 Å². The number of fused-ring (bicyclic) bond motifs is 2. The molecule has 2 N–H and O–H groups in total. The molecule has 0 saturated heterocycles. The van der Waals surface area contributed by atoms with Crippen molar-refractivity contribution in [3.63, 3.8) is 0 Å². The third-order valence-corrected chi connectivity index (χ3v) is 14.0. The number of H-pyrrole nitrogens is 1. The number of hydrogen-bond donors (Lipinski definition) is 2. The Kier molecular flexibility index (Phi) is 15.1. The van der Waals surface area contributed by atoms with Crippen molar-refractivity contribution in [3.8, 4) is 22.3 Å². The van der Waals surface area contributed by atoms with Gasteiger partial charge in [0.1, 0.15) is 40.0 Å². The van der Waals surface area contributed by atoms with E-state index in [1.54, 1.807) is 36.7 Å². The molecule has 0 radical (unpaired) electrons. The van der Waals surface area contributed by atoms with Crippen LogP contribution in [0.1, 0.15) is 144 Å². The van der Waals surface area contributed by atoms with Gasteiger partial charge in [-0.15, -0.1) is 0 Å². The predicted molar refractivity (Wildman–Crippen MR) is 302 cm³/mol. The van der Waals surface area contributed by atoms with Gasteiger partial charge >= 0.3 is 6.09 Å². The first kappa shape index (κ1) is 53.9. The maximum absolute atomic E-state index is 13.6. The van der Waals surface area contributed by atoms with Crippen molar-refractivity contribution >= 4 is 49.9 Å². The number of aliphatic hydroxyl groups is 1. The van der Waals surface area contributed by atoms with Crippen LogP contribution in [0.15, 0.2) is 135 Å². The van der Waals surface area contributed by atoms with E-state index in [0.29, 0.717) is 56.7 Å². The zero-order chi connectivity index (χ0) is 53.6. The van der Waals surface area contributed by atoms with Crippen molar-refractivity contribution < 1.29 is 28.5 Å². The first-order valence-electron chi connectivity index (χ1n) is 25.5. The molecule has 0 aliphatic heterocycles. The van der Waals surface area contributed by atoms with Crippen LogP contribution in [0.3, 0.4) is 0 Å². The van der Waals surface area contributed by atoms with Crippen LogP contribution in [0.5, 0.6) is 0 Å². The fourth-order valence-corrected chi connectivity index (χ4v) is 10.2. The van der Waals surface area contributed by atoms with Crippen LogP contribution >= 0.6 is 15.9 Å². The lowest BCUT2D eigenvalue weighted by Gasteiger charge is -2.30. The molecule has 0 bridgehead atoms. The van der Waals surface area contributed by atoms with Gasteiger partial charge in [-0.1, -0.05) is 93.3 Å². The number of rotatable bonds is 9. The molecule has 10 aromatic rings. The van der Waals surface area contributed by atoms with E-state index in [1.165, 1.54) is 10.1 Å². The molecule has 12 rings (SSSR count). The highest BCUT2D eigenvalue weighted by Crippen LogP contribution is 2.46. The number of ketones is 1. The summed E-state index contributed by atoms with van der Waals surface area (Å²) in [6, 6.07) is 34.7. The van der Waals surface area contributed by atoms with Gasteiger partial charge in [0.05, 0.1) is 39.2 Å². The molecule has 0 spiro atoms. The van der Waals surface area contributed by atoms with Gasteiger partial charge < -0.3 is 23.9 Å². The molecule has 6 aromatic heterocycles.